The summed E-state index contributed by atoms with van der Waals surface area (Å²) < 4.78 is 27.0. The van der Waals surface area contributed by atoms with Crippen molar-refractivity contribution in [1.82, 2.24) is 5.32 Å². The van der Waals surface area contributed by atoms with Crippen molar-refractivity contribution >= 4 is 0 Å². The van der Waals surface area contributed by atoms with Gasteiger partial charge in [-0.3, -0.25) is 0 Å². The van der Waals surface area contributed by atoms with Gasteiger partial charge in [0.25, 0.3) is 0 Å². The lowest BCUT2D eigenvalue weighted by atomic mass is 9.54. The highest BCUT2D eigenvalue weighted by atomic mass is 19.2. The van der Waals surface area contributed by atoms with E-state index in [1.165, 1.54) is 6.07 Å². The molecule has 1 aliphatic carbocycles. The van der Waals surface area contributed by atoms with E-state index in [4.69, 9.17) is 0 Å². The van der Waals surface area contributed by atoms with Gasteiger partial charge in [0.15, 0.2) is 11.6 Å². The maximum absolute atomic E-state index is 13.8. The molecule has 94 valence electrons. The summed E-state index contributed by atoms with van der Waals surface area (Å²) in [5, 5.41) is 3.26. The van der Waals surface area contributed by atoms with Crippen LogP contribution in [0.5, 0.6) is 0 Å². The Bertz CT molecular complexity index is 419. The number of benzene rings is 1. The minimum atomic E-state index is -0.742. The van der Waals surface area contributed by atoms with Gasteiger partial charge in [-0.1, -0.05) is 26.0 Å². The molecule has 1 N–H and O–H groups in total. The highest BCUT2D eigenvalue weighted by molar-refractivity contribution is 5.30. The first-order valence-electron chi connectivity index (χ1n) is 6.15. The van der Waals surface area contributed by atoms with Gasteiger partial charge in [0, 0.05) is 6.04 Å². The first-order chi connectivity index (χ1) is 8.04. The van der Waals surface area contributed by atoms with Crippen LogP contribution in [0, 0.1) is 17.0 Å². The van der Waals surface area contributed by atoms with Gasteiger partial charge in [0.2, 0.25) is 0 Å². The maximum atomic E-state index is 13.8. The van der Waals surface area contributed by atoms with Gasteiger partial charge in [0.1, 0.15) is 0 Å². The topological polar surface area (TPSA) is 12.0 Å². The average Bonchev–Trinajstić information content (AvgIpc) is 2.32. The van der Waals surface area contributed by atoms with Crippen LogP contribution >= 0.6 is 0 Å². The van der Waals surface area contributed by atoms with Crippen molar-refractivity contribution in [3.63, 3.8) is 0 Å². The zero-order chi connectivity index (χ0) is 12.6. The smallest absolute Gasteiger partial charge is 0.162 e. The third-order valence-corrected chi connectivity index (χ3v) is 4.53. The van der Waals surface area contributed by atoms with E-state index in [1.54, 1.807) is 12.1 Å². The first-order valence-corrected chi connectivity index (χ1v) is 6.15. The Morgan fingerprint density at radius 3 is 2.71 bits per heavy atom. The molecule has 0 radical (unpaired) electrons. The Hall–Kier alpha value is -0.960. The fraction of sp³-hybridized carbons (Fsp3) is 0.571. The van der Waals surface area contributed by atoms with Gasteiger partial charge in [-0.15, -0.1) is 0 Å². The van der Waals surface area contributed by atoms with Crippen LogP contribution in [0.25, 0.3) is 0 Å². The lowest BCUT2D eigenvalue weighted by Gasteiger charge is -2.54. The fourth-order valence-electron chi connectivity index (χ4n) is 3.07. The summed E-state index contributed by atoms with van der Waals surface area (Å²) in [5.74, 6) is -1.30. The fourth-order valence-corrected chi connectivity index (χ4v) is 3.07. The van der Waals surface area contributed by atoms with Crippen molar-refractivity contribution in [2.24, 2.45) is 5.41 Å². The van der Waals surface area contributed by atoms with Crippen LogP contribution in [0.2, 0.25) is 0 Å². The van der Waals surface area contributed by atoms with Crippen LogP contribution in [-0.4, -0.2) is 13.1 Å². The van der Waals surface area contributed by atoms with E-state index < -0.39 is 11.6 Å². The third kappa shape index (κ3) is 1.77. The SMILES string of the molecule is CCC1(C)C(NC)CC1c1cccc(F)c1F. The molecule has 0 spiro atoms. The van der Waals surface area contributed by atoms with Gasteiger partial charge in [0.05, 0.1) is 0 Å². The second kappa shape index (κ2) is 4.37. The largest absolute Gasteiger partial charge is 0.316 e. The molecule has 0 amide bonds. The Kier molecular flexibility index (Phi) is 3.21. The maximum Gasteiger partial charge on any atom is 0.162 e. The molecule has 0 bridgehead atoms. The normalized spacial score (nSPS) is 32.3. The molecule has 2 rings (SSSR count). The molecule has 1 fully saturated rings. The molecule has 3 heteroatoms. The number of hydrogen-bond donors (Lipinski definition) is 1. The Balaban J connectivity index is 2.33. The van der Waals surface area contributed by atoms with Crippen molar-refractivity contribution in [3.8, 4) is 0 Å². The van der Waals surface area contributed by atoms with Gasteiger partial charge >= 0.3 is 0 Å². The molecule has 1 saturated carbocycles. The predicted molar refractivity (Wildman–Crippen MR) is 65.0 cm³/mol. The van der Waals surface area contributed by atoms with E-state index in [2.05, 4.69) is 19.2 Å². The van der Waals surface area contributed by atoms with E-state index in [0.29, 0.717) is 11.6 Å². The first kappa shape index (κ1) is 12.5. The molecular weight excluding hydrogens is 220 g/mol. The van der Waals surface area contributed by atoms with Crippen LogP contribution in [0.3, 0.4) is 0 Å². The van der Waals surface area contributed by atoms with E-state index in [1.807, 2.05) is 7.05 Å². The van der Waals surface area contributed by atoms with Crippen molar-refractivity contribution in [3.05, 3.63) is 35.4 Å². The van der Waals surface area contributed by atoms with Crippen molar-refractivity contribution in [1.29, 1.82) is 0 Å². The number of rotatable bonds is 3. The monoisotopic (exact) mass is 239 g/mol. The van der Waals surface area contributed by atoms with Crippen LogP contribution in [0.1, 0.15) is 38.2 Å². The minimum absolute atomic E-state index is 0.0172. The zero-order valence-corrected chi connectivity index (χ0v) is 10.6. The number of halogens is 2. The Morgan fingerprint density at radius 1 is 1.41 bits per heavy atom. The number of nitrogens with one attached hydrogen (secondary N) is 1. The molecular formula is C14H19F2N. The van der Waals surface area contributed by atoms with Crippen molar-refractivity contribution < 1.29 is 8.78 Å². The highest BCUT2D eigenvalue weighted by Crippen LogP contribution is 2.55. The van der Waals surface area contributed by atoms with Gasteiger partial charge < -0.3 is 5.32 Å². The average molecular weight is 239 g/mol. The summed E-state index contributed by atoms with van der Waals surface area (Å²) in [6.45, 7) is 4.25. The minimum Gasteiger partial charge on any atom is -0.316 e. The molecule has 17 heavy (non-hydrogen) atoms. The summed E-state index contributed by atoms with van der Waals surface area (Å²) in [6.07, 6.45) is 1.83. The van der Waals surface area contributed by atoms with E-state index in [0.717, 1.165) is 12.8 Å². The summed E-state index contributed by atoms with van der Waals surface area (Å²) in [6, 6.07) is 4.87. The standard InChI is InChI=1S/C14H19F2N/c1-4-14(2)10(8-12(14)17-3)9-6-5-7-11(15)13(9)16/h5-7,10,12,17H,4,8H2,1-3H3. The lowest BCUT2D eigenvalue weighted by molar-refractivity contribution is 0.0470. The van der Waals surface area contributed by atoms with Crippen LogP contribution in [-0.2, 0) is 0 Å². The van der Waals surface area contributed by atoms with Gasteiger partial charge in [-0.2, -0.15) is 0 Å². The summed E-state index contributed by atoms with van der Waals surface area (Å²) in [7, 11) is 1.93. The molecule has 0 aromatic heterocycles. The number of hydrogen-bond acceptors (Lipinski definition) is 1. The van der Waals surface area contributed by atoms with Crippen molar-refractivity contribution in [2.45, 2.75) is 38.6 Å². The van der Waals surface area contributed by atoms with Crippen LogP contribution < -0.4 is 5.32 Å². The Morgan fingerprint density at radius 2 is 2.12 bits per heavy atom. The second-order valence-corrected chi connectivity index (χ2v) is 5.13. The van der Waals surface area contributed by atoms with Gasteiger partial charge in [-0.25, -0.2) is 8.78 Å². The summed E-state index contributed by atoms with van der Waals surface area (Å²) >= 11 is 0. The van der Waals surface area contributed by atoms with Crippen LogP contribution in [0.4, 0.5) is 8.78 Å². The van der Waals surface area contributed by atoms with Crippen molar-refractivity contribution in [2.75, 3.05) is 7.05 Å². The van der Waals surface area contributed by atoms with Crippen LogP contribution in [0.15, 0.2) is 18.2 Å². The van der Waals surface area contributed by atoms with E-state index in [-0.39, 0.29) is 11.3 Å². The highest BCUT2D eigenvalue weighted by Gasteiger charge is 2.50. The molecule has 1 aromatic rings. The van der Waals surface area contributed by atoms with E-state index >= 15 is 0 Å². The molecule has 0 aliphatic heterocycles. The lowest BCUT2D eigenvalue weighted by Crippen LogP contribution is -2.55. The molecule has 1 aromatic carbocycles. The molecule has 0 heterocycles. The Labute approximate surface area is 101 Å². The predicted octanol–water partition coefficient (Wildman–Crippen LogP) is 3.46. The third-order valence-electron chi connectivity index (χ3n) is 4.53. The summed E-state index contributed by atoms with van der Waals surface area (Å²) in [4.78, 5) is 0. The molecule has 0 saturated heterocycles. The van der Waals surface area contributed by atoms with E-state index in [9.17, 15) is 8.78 Å². The van der Waals surface area contributed by atoms with Gasteiger partial charge in [-0.05, 0) is 42.9 Å². The second-order valence-electron chi connectivity index (χ2n) is 5.13. The zero-order valence-electron chi connectivity index (χ0n) is 10.6. The summed E-state index contributed by atoms with van der Waals surface area (Å²) in [5.41, 5.74) is 0.546. The molecule has 1 nitrogen and oxygen atoms in total. The molecule has 1 aliphatic rings. The molecule has 3 unspecified atom stereocenters. The molecule has 3 atom stereocenters. The quantitative estimate of drug-likeness (QED) is 0.851.